The Bertz CT molecular complexity index is 359. The van der Waals surface area contributed by atoms with Gasteiger partial charge in [0.05, 0.1) is 7.11 Å². The molecule has 88 valence electrons. The van der Waals surface area contributed by atoms with E-state index in [0.717, 1.165) is 11.4 Å². The van der Waals surface area contributed by atoms with Crippen LogP contribution >= 0.6 is 0 Å². The molecule has 0 N–H and O–H groups in total. The summed E-state index contributed by atoms with van der Waals surface area (Å²) < 4.78 is 4.63. The van der Waals surface area contributed by atoms with Gasteiger partial charge in [0.15, 0.2) is 0 Å². The number of hydrogen-bond donors (Lipinski definition) is 0. The summed E-state index contributed by atoms with van der Waals surface area (Å²) in [6.07, 6.45) is 0. The second-order valence-electron chi connectivity index (χ2n) is 3.54. The fourth-order valence-electron chi connectivity index (χ4n) is 1.39. The molecule has 0 radical (unpaired) electrons. The number of methoxy groups -OCH3 is 1. The van der Waals surface area contributed by atoms with Crippen molar-refractivity contribution < 1.29 is 9.53 Å². The lowest BCUT2D eigenvalue weighted by Crippen LogP contribution is -2.32. The highest BCUT2D eigenvalue weighted by atomic mass is 16.5. The standard InChI is InChI=1S/C11H17N3O2/c1-5-14(7-10(15)16-4)11-12-8(2)6-9(3)13-11/h6H,5,7H2,1-4H3. The van der Waals surface area contributed by atoms with Crippen LogP contribution in [0.25, 0.3) is 0 Å². The lowest BCUT2D eigenvalue weighted by atomic mass is 10.3. The first-order valence-electron chi connectivity index (χ1n) is 5.20. The Balaban J connectivity index is 2.90. The van der Waals surface area contributed by atoms with Crippen LogP contribution in [0.4, 0.5) is 5.95 Å². The Morgan fingerprint density at radius 2 is 1.94 bits per heavy atom. The van der Waals surface area contributed by atoms with Gasteiger partial charge in [-0.25, -0.2) is 9.97 Å². The van der Waals surface area contributed by atoms with Crippen LogP contribution in [-0.4, -0.2) is 36.1 Å². The molecule has 0 amide bonds. The van der Waals surface area contributed by atoms with E-state index in [1.165, 1.54) is 7.11 Å². The third-order valence-corrected chi connectivity index (χ3v) is 2.18. The van der Waals surface area contributed by atoms with Crippen molar-refractivity contribution in [1.82, 2.24) is 9.97 Å². The summed E-state index contributed by atoms with van der Waals surface area (Å²) in [6, 6.07) is 1.90. The van der Waals surface area contributed by atoms with E-state index in [1.54, 1.807) is 4.90 Å². The normalized spacial score (nSPS) is 10.0. The van der Waals surface area contributed by atoms with Crippen molar-refractivity contribution in [3.8, 4) is 0 Å². The lowest BCUT2D eigenvalue weighted by Gasteiger charge is -2.19. The summed E-state index contributed by atoms with van der Waals surface area (Å²) in [5.74, 6) is 0.287. The zero-order valence-electron chi connectivity index (χ0n) is 10.1. The molecule has 1 aromatic rings. The van der Waals surface area contributed by atoms with E-state index in [0.29, 0.717) is 12.5 Å². The largest absolute Gasteiger partial charge is 0.468 e. The van der Waals surface area contributed by atoms with Crippen LogP contribution < -0.4 is 4.90 Å². The molecule has 0 saturated carbocycles. The highest BCUT2D eigenvalue weighted by molar-refractivity contribution is 5.74. The Morgan fingerprint density at radius 3 is 2.38 bits per heavy atom. The van der Waals surface area contributed by atoms with Gasteiger partial charge < -0.3 is 9.64 Å². The van der Waals surface area contributed by atoms with Gasteiger partial charge in [0.2, 0.25) is 5.95 Å². The molecule has 0 unspecified atom stereocenters. The number of carbonyl (C=O) groups excluding carboxylic acids is 1. The highest BCUT2D eigenvalue weighted by Gasteiger charge is 2.13. The Morgan fingerprint density at radius 1 is 1.38 bits per heavy atom. The zero-order valence-corrected chi connectivity index (χ0v) is 10.1. The van der Waals surface area contributed by atoms with Gasteiger partial charge in [-0.1, -0.05) is 0 Å². The first kappa shape index (κ1) is 12.4. The Labute approximate surface area is 95.5 Å². The van der Waals surface area contributed by atoms with E-state index in [9.17, 15) is 4.79 Å². The number of esters is 1. The molecule has 1 heterocycles. The number of anilines is 1. The van der Waals surface area contributed by atoms with Crippen LogP contribution in [0.2, 0.25) is 0 Å². The van der Waals surface area contributed by atoms with E-state index >= 15 is 0 Å². The first-order valence-corrected chi connectivity index (χ1v) is 5.20. The predicted molar refractivity (Wildman–Crippen MR) is 61.4 cm³/mol. The molecule has 5 heteroatoms. The summed E-state index contributed by atoms with van der Waals surface area (Å²) in [5, 5.41) is 0. The number of aryl methyl sites for hydroxylation is 2. The molecule has 0 fully saturated rings. The van der Waals surface area contributed by atoms with Gasteiger partial charge in [-0.3, -0.25) is 4.79 Å². The number of likely N-dealkylation sites (N-methyl/N-ethyl adjacent to an activating group) is 1. The maximum absolute atomic E-state index is 11.2. The smallest absolute Gasteiger partial charge is 0.325 e. The topological polar surface area (TPSA) is 55.3 Å². The minimum absolute atomic E-state index is 0.176. The van der Waals surface area contributed by atoms with Gasteiger partial charge >= 0.3 is 5.97 Å². The summed E-state index contributed by atoms with van der Waals surface area (Å²) in [5.41, 5.74) is 1.79. The highest BCUT2D eigenvalue weighted by Crippen LogP contribution is 2.09. The maximum atomic E-state index is 11.2. The molecule has 1 rings (SSSR count). The van der Waals surface area contributed by atoms with Gasteiger partial charge in [-0.2, -0.15) is 0 Å². The SMILES string of the molecule is CCN(CC(=O)OC)c1nc(C)cc(C)n1. The van der Waals surface area contributed by atoms with Crippen LogP contribution in [0.1, 0.15) is 18.3 Å². The van der Waals surface area contributed by atoms with Crippen molar-refractivity contribution in [2.24, 2.45) is 0 Å². The van der Waals surface area contributed by atoms with Gasteiger partial charge in [-0.15, -0.1) is 0 Å². The third-order valence-electron chi connectivity index (χ3n) is 2.18. The number of carbonyl (C=O) groups is 1. The number of ether oxygens (including phenoxy) is 1. The second kappa shape index (κ2) is 5.44. The fraction of sp³-hybridized carbons (Fsp3) is 0.545. The molecule has 0 spiro atoms. The summed E-state index contributed by atoms with van der Waals surface area (Å²) in [7, 11) is 1.37. The minimum atomic E-state index is -0.287. The van der Waals surface area contributed by atoms with E-state index < -0.39 is 0 Å². The van der Waals surface area contributed by atoms with Crippen molar-refractivity contribution in [3.05, 3.63) is 17.5 Å². The molecular formula is C11H17N3O2. The van der Waals surface area contributed by atoms with Crippen molar-refractivity contribution >= 4 is 11.9 Å². The van der Waals surface area contributed by atoms with E-state index in [4.69, 9.17) is 0 Å². The Hall–Kier alpha value is -1.65. The average Bonchev–Trinajstić information content (AvgIpc) is 2.24. The van der Waals surface area contributed by atoms with Crippen molar-refractivity contribution in [3.63, 3.8) is 0 Å². The van der Waals surface area contributed by atoms with E-state index in [2.05, 4.69) is 14.7 Å². The molecular weight excluding hydrogens is 206 g/mol. The van der Waals surface area contributed by atoms with Gasteiger partial charge in [0, 0.05) is 17.9 Å². The summed E-state index contributed by atoms with van der Waals surface area (Å²) in [4.78, 5) is 21.6. The average molecular weight is 223 g/mol. The predicted octanol–water partition coefficient (Wildman–Crippen LogP) is 1.09. The summed E-state index contributed by atoms with van der Waals surface area (Å²) >= 11 is 0. The molecule has 0 aliphatic carbocycles. The molecule has 0 bridgehead atoms. The maximum Gasteiger partial charge on any atom is 0.325 e. The molecule has 16 heavy (non-hydrogen) atoms. The monoisotopic (exact) mass is 223 g/mol. The Kier molecular flexibility index (Phi) is 4.22. The molecule has 0 aliphatic rings. The molecule has 0 aliphatic heterocycles. The van der Waals surface area contributed by atoms with Crippen LogP contribution in [0.15, 0.2) is 6.07 Å². The summed E-state index contributed by atoms with van der Waals surface area (Å²) in [6.45, 7) is 6.60. The molecule has 5 nitrogen and oxygen atoms in total. The van der Waals surface area contributed by atoms with E-state index in [-0.39, 0.29) is 12.5 Å². The lowest BCUT2D eigenvalue weighted by molar-refractivity contribution is -0.138. The minimum Gasteiger partial charge on any atom is -0.468 e. The number of hydrogen-bond acceptors (Lipinski definition) is 5. The molecule has 0 saturated heterocycles. The number of aromatic nitrogens is 2. The first-order chi connectivity index (χ1) is 7.56. The number of rotatable bonds is 4. The zero-order chi connectivity index (χ0) is 12.1. The molecule has 0 aromatic carbocycles. The molecule has 0 atom stereocenters. The van der Waals surface area contributed by atoms with Crippen LogP contribution in [-0.2, 0) is 9.53 Å². The van der Waals surface area contributed by atoms with E-state index in [1.807, 2.05) is 26.8 Å². The van der Waals surface area contributed by atoms with Crippen molar-refractivity contribution in [1.29, 1.82) is 0 Å². The van der Waals surface area contributed by atoms with Crippen LogP contribution in [0, 0.1) is 13.8 Å². The third kappa shape index (κ3) is 3.18. The van der Waals surface area contributed by atoms with Gasteiger partial charge in [0.1, 0.15) is 6.54 Å². The van der Waals surface area contributed by atoms with Crippen LogP contribution in [0.3, 0.4) is 0 Å². The van der Waals surface area contributed by atoms with Crippen molar-refractivity contribution in [2.75, 3.05) is 25.1 Å². The van der Waals surface area contributed by atoms with Gasteiger partial charge in [0.25, 0.3) is 0 Å². The second-order valence-corrected chi connectivity index (χ2v) is 3.54. The quantitative estimate of drug-likeness (QED) is 0.715. The molecule has 1 aromatic heterocycles. The van der Waals surface area contributed by atoms with Gasteiger partial charge in [-0.05, 0) is 26.8 Å². The number of nitrogens with zero attached hydrogens (tertiary/aromatic N) is 3. The fourth-order valence-corrected chi connectivity index (χ4v) is 1.39. The van der Waals surface area contributed by atoms with Crippen molar-refractivity contribution in [2.45, 2.75) is 20.8 Å². The van der Waals surface area contributed by atoms with Crippen LogP contribution in [0.5, 0.6) is 0 Å².